The number of ether oxygens (including phenoxy) is 1. The molecule has 0 aromatic heterocycles. The van der Waals surface area contributed by atoms with E-state index in [4.69, 9.17) is 4.74 Å². The summed E-state index contributed by atoms with van der Waals surface area (Å²) in [5.74, 6) is -0.847. The van der Waals surface area contributed by atoms with Gasteiger partial charge in [0.1, 0.15) is 5.75 Å². The molecule has 198 valence electrons. The second-order valence-electron chi connectivity index (χ2n) is 9.05. The maximum absolute atomic E-state index is 13.5. The largest absolute Gasteiger partial charge is 0.476 e. The quantitative estimate of drug-likeness (QED) is 0.345. The molecule has 0 saturated heterocycles. The summed E-state index contributed by atoms with van der Waals surface area (Å²) in [6, 6.07) is 31.7. The van der Waals surface area contributed by atoms with E-state index in [0.29, 0.717) is 23.5 Å². The van der Waals surface area contributed by atoms with Gasteiger partial charge in [0.25, 0.3) is 11.8 Å². The van der Waals surface area contributed by atoms with Crippen molar-refractivity contribution in [1.82, 2.24) is 5.32 Å². The van der Waals surface area contributed by atoms with Crippen molar-refractivity contribution in [2.75, 3.05) is 16.2 Å². The molecule has 1 heterocycles. The predicted molar refractivity (Wildman–Crippen MR) is 150 cm³/mol. The summed E-state index contributed by atoms with van der Waals surface area (Å²) in [6.45, 7) is 0.124. The van der Waals surface area contributed by atoms with Crippen LogP contribution >= 0.6 is 0 Å². The second-order valence-corrected chi connectivity index (χ2v) is 10.9. The Kier molecular flexibility index (Phi) is 7.60. The SMILES string of the molecule is O=C(NCc1ccccc1)c1ccccc1NC(=O)C1CN(S(=O)(=O)Cc2ccccc2)c2ccccc2O1. The zero-order valence-electron chi connectivity index (χ0n) is 21.0. The van der Waals surface area contributed by atoms with E-state index in [1.165, 1.54) is 4.31 Å². The van der Waals surface area contributed by atoms with Gasteiger partial charge in [-0.15, -0.1) is 0 Å². The lowest BCUT2D eigenvalue weighted by atomic mass is 10.1. The van der Waals surface area contributed by atoms with E-state index >= 15 is 0 Å². The van der Waals surface area contributed by atoms with Crippen LogP contribution in [0.4, 0.5) is 11.4 Å². The molecule has 0 bridgehead atoms. The van der Waals surface area contributed by atoms with Crippen LogP contribution in [0.25, 0.3) is 0 Å². The Morgan fingerprint density at radius 2 is 1.41 bits per heavy atom. The van der Waals surface area contributed by atoms with Crippen molar-refractivity contribution in [2.24, 2.45) is 0 Å². The van der Waals surface area contributed by atoms with Crippen molar-refractivity contribution >= 4 is 33.2 Å². The van der Waals surface area contributed by atoms with Crippen LogP contribution in [0.2, 0.25) is 0 Å². The maximum atomic E-state index is 13.5. The first kappa shape index (κ1) is 26.0. The number of para-hydroxylation sites is 3. The number of rotatable bonds is 8. The van der Waals surface area contributed by atoms with Crippen molar-refractivity contribution in [3.05, 3.63) is 126 Å². The van der Waals surface area contributed by atoms with Gasteiger partial charge in [-0.25, -0.2) is 8.42 Å². The number of benzene rings is 4. The third-order valence-corrected chi connectivity index (χ3v) is 8.00. The Hall–Kier alpha value is -4.63. The lowest BCUT2D eigenvalue weighted by Gasteiger charge is -2.34. The smallest absolute Gasteiger partial charge is 0.267 e. The highest BCUT2D eigenvalue weighted by Gasteiger charge is 2.37. The highest BCUT2D eigenvalue weighted by atomic mass is 32.2. The minimum Gasteiger partial charge on any atom is -0.476 e. The Balaban J connectivity index is 1.34. The van der Waals surface area contributed by atoms with Crippen LogP contribution in [-0.2, 0) is 27.1 Å². The van der Waals surface area contributed by atoms with E-state index in [0.717, 1.165) is 5.56 Å². The molecule has 1 aliphatic rings. The third kappa shape index (κ3) is 6.10. The Labute approximate surface area is 227 Å². The summed E-state index contributed by atoms with van der Waals surface area (Å²) in [7, 11) is -3.84. The molecule has 0 saturated carbocycles. The average molecular weight is 542 g/mol. The lowest BCUT2D eigenvalue weighted by molar-refractivity contribution is -0.122. The molecule has 1 atom stereocenters. The van der Waals surface area contributed by atoms with E-state index < -0.39 is 22.0 Å². The van der Waals surface area contributed by atoms with Gasteiger partial charge in [-0.3, -0.25) is 13.9 Å². The Morgan fingerprint density at radius 1 is 0.795 bits per heavy atom. The van der Waals surface area contributed by atoms with Crippen molar-refractivity contribution in [2.45, 2.75) is 18.4 Å². The number of anilines is 2. The van der Waals surface area contributed by atoms with Crippen molar-refractivity contribution < 1.29 is 22.7 Å². The number of hydrogen-bond donors (Lipinski definition) is 2. The number of nitrogens with one attached hydrogen (secondary N) is 2. The minimum absolute atomic E-state index is 0.208. The van der Waals surface area contributed by atoms with E-state index in [-0.39, 0.29) is 29.5 Å². The molecular formula is C30H27N3O5S. The lowest BCUT2D eigenvalue weighted by Crippen LogP contribution is -2.49. The highest BCUT2D eigenvalue weighted by molar-refractivity contribution is 7.92. The van der Waals surface area contributed by atoms with Crippen LogP contribution in [0.15, 0.2) is 109 Å². The fourth-order valence-electron chi connectivity index (χ4n) is 4.34. The van der Waals surface area contributed by atoms with Crippen molar-refractivity contribution in [3.8, 4) is 5.75 Å². The fraction of sp³-hybridized carbons (Fsp3) is 0.133. The zero-order chi connectivity index (χ0) is 27.2. The summed E-state index contributed by atoms with van der Waals surface area (Å²) in [4.78, 5) is 26.3. The zero-order valence-corrected chi connectivity index (χ0v) is 21.8. The van der Waals surface area contributed by atoms with Gasteiger partial charge in [0.05, 0.1) is 29.2 Å². The molecule has 2 amide bonds. The minimum atomic E-state index is -3.84. The molecule has 4 aromatic carbocycles. The molecule has 39 heavy (non-hydrogen) atoms. The average Bonchev–Trinajstić information content (AvgIpc) is 2.96. The molecule has 1 aliphatic heterocycles. The summed E-state index contributed by atoms with van der Waals surface area (Å²) in [5.41, 5.74) is 2.54. The normalized spacial score (nSPS) is 14.6. The van der Waals surface area contributed by atoms with Crippen LogP contribution in [0.3, 0.4) is 0 Å². The van der Waals surface area contributed by atoms with E-state index in [2.05, 4.69) is 10.6 Å². The van der Waals surface area contributed by atoms with Crippen molar-refractivity contribution in [1.29, 1.82) is 0 Å². The Morgan fingerprint density at radius 3 is 2.15 bits per heavy atom. The van der Waals surface area contributed by atoms with Gasteiger partial charge in [0.15, 0.2) is 6.10 Å². The number of amides is 2. The van der Waals surface area contributed by atoms with Gasteiger partial charge in [0.2, 0.25) is 10.0 Å². The van der Waals surface area contributed by atoms with Crippen LogP contribution in [0.5, 0.6) is 5.75 Å². The molecule has 5 rings (SSSR count). The molecule has 9 heteroatoms. The topological polar surface area (TPSA) is 105 Å². The first-order valence-corrected chi connectivity index (χ1v) is 14.0. The maximum Gasteiger partial charge on any atom is 0.267 e. The van der Waals surface area contributed by atoms with Crippen LogP contribution in [-0.4, -0.2) is 32.9 Å². The number of carbonyl (C=O) groups is 2. The molecular weight excluding hydrogens is 514 g/mol. The molecule has 2 N–H and O–H groups in total. The van der Waals surface area contributed by atoms with Crippen LogP contribution in [0.1, 0.15) is 21.5 Å². The van der Waals surface area contributed by atoms with Crippen LogP contribution < -0.4 is 19.7 Å². The third-order valence-electron chi connectivity index (χ3n) is 6.28. The van der Waals surface area contributed by atoms with E-state index in [9.17, 15) is 18.0 Å². The summed E-state index contributed by atoms with van der Waals surface area (Å²) >= 11 is 0. The first-order valence-electron chi connectivity index (χ1n) is 12.4. The second kappa shape index (κ2) is 11.4. The Bertz CT molecular complexity index is 1580. The summed E-state index contributed by atoms with van der Waals surface area (Å²) < 4.78 is 34.1. The van der Waals surface area contributed by atoms with Gasteiger partial charge in [-0.1, -0.05) is 84.9 Å². The summed E-state index contributed by atoms with van der Waals surface area (Å²) in [6.07, 6.45) is -1.13. The van der Waals surface area contributed by atoms with Gasteiger partial charge < -0.3 is 15.4 Å². The number of fused-ring (bicyclic) bond motifs is 1. The van der Waals surface area contributed by atoms with Crippen molar-refractivity contribution in [3.63, 3.8) is 0 Å². The number of carbonyl (C=O) groups excluding carboxylic acids is 2. The van der Waals surface area contributed by atoms with Gasteiger partial charge in [-0.2, -0.15) is 0 Å². The molecule has 1 unspecified atom stereocenters. The van der Waals surface area contributed by atoms with Crippen LogP contribution in [0, 0.1) is 0 Å². The number of sulfonamides is 1. The van der Waals surface area contributed by atoms with E-state index in [1.54, 1.807) is 72.8 Å². The first-order chi connectivity index (χ1) is 18.9. The van der Waals surface area contributed by atoms with Gasteiger partial charge in [-0.05, 0) is 35.4 Å². The highest BCUT2D eigenvalue weighted by Crippen LogP contribution is 2.36. The number of nitrogens with zero attached hydrogens (tertiary/aromatic N) is 1. The standard InChI is InChI=1S/C30H27N3O5S/c34-29(31-19-22-11-3-1-4-12-22)24-15-7-8-16-25(24)32-30(35)28-20-33(26-17-9-10-18-27(26)38-28)39(36,37)21-23-13-5-2-6-14-23/h1-18,28H,19-21H2,(H,31,34)(H,32,35). The summed E-state index contributed by atoms with van der Waals surface area (Å²) in [5, 5.41) is 5.63. The fourth-order valence-corrected chi connectivity index (χ4v) is 5.92. The molecule has 4 aromatic rings. The van der Waals surface area contributed by atoms with Gasteiger partial charge >= 0.3 is 0 Å². The van der Waals surface area contributed by atoms with Gasteiger partial charge in [0, 0.05) is 6.54 Å². The van der Waals surface area contributed by atoms with E-state index in [1.807, 2.05) is 36.4 Å². The molecule has 0 aliphatic carbocycles. The molecule has 0 fully saturated rings. The molecule has 8 nitrogen and oxygen atoms in total. The number of hydrogen-bond acceptors (Lipinski definition) is 5. The predicted octanol–water partition coefficient (Wildman–Crippen LogP) is 4.35. The molecule has 0 radical (unpaired) electrons. The molecule has 0 spiro atoms. The monoisotopic (exact) mass is 541 g/mol.